The first-order valence-corrected chi connectivity index (χ1v) is 45.5. The maximum atomic E-state index is 15.8. The zero-order valence-electron chi connectivity index (χ0n) is 61.9. The quantitative estimate of drug-likeness (QED) is 0.0218. The summed E-state index contributed by atoms with van der Waals surface area (Å²) in [4.78, 5) is 79.0. The van der Waals surface area contributed by atoms with Gasteiger partial charge in [-0.1, -0.05) is 240 Å². The Kier molecular flexibility index (Phi) is 26.4. The summed E-state index contributed by atoms with van der Waals surface area (Å²) < 4.78 is 0. The number of thiophene rings is 6. The summed E-state index contributed by atoms with van der Waals surface area (Å²) in [7, 11) is -2.58. The van der Waals surface area contributed by atoms with E-state index in [0.717, 1.165) is 114 Å². The van der Waals surface area contributed by atoms with E-state index < -0.39 is 18.9 Å². The zero-order chi connectivity index (χ0) is 68.7. The standard InChI is InChI=1S/C82H120N2O4S6Si/c1-18-30-35-36-37-38-43-57-46-64(80(13,14)28-11)92-70(57)59-44-45-60(89-59)71-68-69(79(88)84(78(68)87)50-54(24-7)40-32-20-3)75(94-71)81(15,16)82(17,29-12)65-48-63-74(93-65)73-62(95(63,51-55(25-8)41-33-21-4)52-56(26-9)42-34-22-5)47-61(91-73)72-67-66(58(27-10)90-72)76(85)83(77(67)86)49-53(23-6)39-31-19-2/h44-48,53-56H,18-43,49-52H2,1-17H3. The highest BCUT2D eigenvalue weighted by molar-refractivity contribution is 7.32. The van der Waals surface area contributed by atoms with Crippen LogP contribution in [-0.2, 0) is 29.1 Å². The second kappa shape index (κ2) is 33.0. The second-order valence-corrected chi connectivity index (χ2v) is 40.9. The Morgan fingerprint density at radius 1 is 0.421 bits per heavy atom. The first-order valence-electron chi connectivity index (χ1n) is 38.2. The molecule has 0 radical (unpaired) electrons. The van der Waals surface area contributed by atoms with Crippen molar-refractivity contribution in [1.29, 1.82) is 0 Å². The molecule has 0 bridgehead atoms. The topological polar surface area (TPSA) is 74.8 Å². The second-order valence-electron chi connectivity index (χ2n) is 30.5. The molecular formula is C82H120N2O4S6Si. The van der Waals surface area contributed by atoms with Gasteiger partial charge in [0.1, 0.15) is 8.07 Å². The molecule has 3 aliphatic heterocycles. The van der Waals surface area contributed by atoms with Gasteiger partial charge in [-0.25, -0.2) is 0 Å². The molecule has 3 aliphatic rings. The van der Waals surface area contributed by atoms with Crippen LogP contribution in [0.4, 0.5) is 0 Å². The number of amides is 4. The molecule has 6 aromatic rings. The Morgan fingerprint density at radius 3 is 1.41 bits per heavy atom. The van der Waals surface area contributed by atoms with Crippen LogP contribution >= 0.6 is 68.0 Å². The van der Waals surface area contributed by atoms with Gasteiger partial charge < -0.3 is 0 Å². The Morgan fingerprint density at radius 2 is 0.884 bits per heavy atom. The van der Waals surface area contributed by atoms with Gasteiger partial charge in [0.25, 0.3) is 23.6 Å². The monoisotopic (exact) mass is 1420 g/mol. The summed E-state index contributed by atoms with van der Waals surface area (Å²) in [6.45, 7) is 40.6. The van der Waals surface area contributed by atoms with Crippen LogP contribution in [0.5, 0.6) is 0 Å². The fourth-order valence-electron chi connectivity index (χ4n) is 16.1. The summed E-state index contributed by atoms with van der Waals surface area (Å²) in [5.74, 6) is 1.35. The van der Waals surface area contributed by atoms with E-state index in [2.05, 4.69) is 148 Å². The molecule has 0 N–H and O–H groups in total. The Balaban J connectivity index is 1.21. The van der Waals surface area contributed by atoms with Crippen molar-refractivity contribution in [2.45, 2.75) is 313 Å². The van der Waals surface area contributed by atoms with Crippen LogP contribution < -0.4 is 10.4 Å². The molecule has 95 heavy (non-hydrogen) atoms. The van der Waals surface area contributed by atoms with Gasteiger partial charge in [-0.05, 0) is 132 Å². The molecule has 9 rings (SSSR count). The number of carbonyl (C=O) groups is 4. The number of aryl methyl sites for hydroxylation is 2. The van der Waals surface area contributed by atoms with Gasteiger partial charge in [0, 0.05) is 72.7 Å². The largest absolute Gasteiger partial charge is 0.274 e. The van der Waals surface area contributed by atoms with Crippen LogP contribution in [0.2, 0.25) is 12.1 Å². The summed E-state index contributed by atoms with van der Waals surface area (Å²) in [6, 6.07) is 14.9. The molecule has 0 spiro atoms. The molecule has 6 nitrogen and oxygen atoms in total. The lowest BCUT2D eigenvalue weighted by Crippen LogP contribution is -2.57. The highest BCUT2D eigenvalue weighted by atomic mass is 32.1. The van der Waals surface area contributed by atoms with Gasteiger partial charge in [0.2, 0.25) is 0 Å². The van der Waals surface area contributed by atoms with E-state index in [-0.39, 0.29) is 35.0 Å². The van der Waals surface area contributed by atoms with Gasteiger partial charge >= 0.3 is 0 Å². The average Bonchev–Trinajstić information content (AvgIpc) is 1.54. The molecular weight excluding hydrogens is 1300 g/mol. The number of nitrogens with zero attached hydrogens (tertiary/aromatic N) is 2. The van der Waals surface area contributed by atoms with E-state index in [0.29, 0.717) is 53.1 Å². The summed E-state index contributed by atoms with van der Waals surface area (Å²) in [5, 5.41) is 3.21. The van der Waals surface area contributed by atoms with Crippen LogP contribution in [0.15, 0.2) is 30.3 Å². The highest BCUT2D eigenvalue weighted by Crippen LogP contribution is 2.59. The van der Waals surface area contributed by atoms with Crippen molar-refractivity contribution < 1.29 is 19.2 Å². The van der Waals surface area contributed by atoms with Gasteiger partial charge in [-0.3, -0.25) is 29.0 Å². The first kappa shape index (κ1) is 75.9. The zero-order valence-corrected chi connectivity index (χ0v) is 67.8. The SMILES string of the molecule is CCCCCCCCc1cc(C(C)(C)CC)sc1-c1ccc(-c2sc(C(C)(C)C(C)(CC)c3cc4c(s3)-c3sc(-c5sc(CC)c6c5C(=O)N(CC(CC)CCCC)C6=O)cc3[Si]4(CC(CC)CCCC)CC(CC)CCCC)c3c2C(=O)N(CC(CC)CCCC)C3=O)s1. The van der Waals surface area contributed by atoms with Gasteiger partial charge in [0.15, 0.2) is 0 Å². The lowest BCUT2D eigenvalue weighted by Gasteiger charge is -2.44. The molecule has 4 amide bonds. The minimum Gasteiger partial charge on any atom is -0.274 e. The van der Waals surface area contributed by atoms with Crippen LogP contribution in [0.3, 0.4) is 0 Å². The fraction of sp³-hybridized carbons (Fsp3) is 0.659. The first-order chi connectivity index (χ1) is 45.6. The molecule has 0 fully saturated rings. The lowest BCUT2D eigenvalue weighted by atomic mass is 9.62. The van der Waals surface area contributed by atoms with Gasteiger partial charge in [-0.15, -0.1) is 68.0 Å². The normalized spacial score (nSPS) is 17.5. The van der Waals surface area contributed by atoms with Crippen molar-refractivity contribution in [1.82, 2.24) is 9.80 Å². The van der Waals surface area contributed by atoms with Crippen molar-refractivity contribution in [3.8, 4) is 39.0 Å². The molecule has 9 heterocycles. The predicted octanol–water partition coefficient (Wildman–Crippen LogP) is 25.5. The van der Waals surface area contributed by atoms with E-state index >= 15 is 14.4 Å². The third-order valence-corrected chi connectivity index (χ3v) is 38.2. The van der Waals surface area contributed by atoms with E-state index in [9.17, 15) is 4.79 Å². The van der Waals surface area contributed by atoms with Crippen LogP contribution in [-0.4, -0.2) is 54.6 Å². The number of imide groups is 2. The van der Waals surface area contributed by atoms with Crippen LogP contribution in [0.1, 0.15) is 338 Å². The van der Waals surface area contributed by atoms with Crippen molar-refractivity contribution in [3.05, 3.63) is 77.7 Å². The summed E-state index contributed by atoms with van der Waals surface area (Å²) >= 11 is 11.2. The highest BCUT2D eigenvalue weighted by Gasteiger charge is 2.55. The number of hydrogen-bond donors (Lipinski definition) is 0. The van der Waals surface area contributed by atoms with Crippen molar-refractivity contribution in [2.75, 3.05) is 13.1 Å². The maximum Gasteiger partial charge on any atom is 0.263 e. The number of carbonyl (C=O) groups excluding carboxylic acids is 4. The molecule has 0 saturated carbocycles. The Hall–Kier alpha value is -3.30. The molecule has 5 atom stereocenters. The minimum atomic E-state index is -2.58. The maximum absolute atomic E-state index is 15.8. The number of rotatable bonds is 41. The van der Waals surface area contributed by atoms with E-state index in [1.165, 1.54) is 129 Å². The number of unbranched alkanes of at least 4 members (excludes halogenated alkanes) is 9. The third kappa shape index (κ3) is 14.9. The van der Waals surface area contributed by atoms with Crippen molar-refractivity contribution in [2.24, 2.45) is 23.7 Å². The molecule has 0 aromatic carbocycles. The number of fused-ring (bicyclic) bond motifs is 5. The van der Waals surface area contributed by atoms with Crippen LogP contribution in [0.25, 0.3) is 39.0 Å². The molecule has 522 valence electrons. The fourth-order valence-corrected chi connectivity index (χ4v) is 32.4. The van der Waals surface area contributed by atoms with E-state index in [4.69, 9.17) is 0 Å². The molecule has 5 unspecified atom stereocenters. The van der Waals surface area contributed by atoms with Crippen molar-refractivity contribution >= 4 is 110 Å². The Bertz CT molecular complexity index is 3580. The molecule has 0 aliphatic carbocycles. The Labute approximate surface area is 600 Å². The van der Waals surface area contributed by atoms with Gasteiger partial charge in [-0.2, -0.15) is 0 Å². The average molecular weight is 1420 g/mol. The van der Waals surface area contributed by atoms with E-state index in [1.54, 1.807) is 42.8 Å². The smallest absolute Gasteiger partial charge is 0.263 e. The molecule has 6 aromatic heterocycles. The molecule has 13 heteroatoms. The number of hydrogen-bond acceptors (Lipinski definition) is 10. The third-order valence-electron chi connectivity index (χ3n) is 23.7. The van der Waals surface area contributed by atoms with Gasteiger partial charge in [0.05, 0.1) is 32.0 Å². The molecule has 0 saturated heterocycles. The predicted molar refractivity (Wildman–Crippen MR) is 421 cm³/mol. The summed E-state index contributed by atoms with van der Waals surface area (Å²) in [6.07, 6.45) is 29.2. The lowest BCUT2D eigenvalue weighted by molar-refractivity contribution is 0.0608. The van der Waals surface area contributed by atoms with Crippen molar-refractivity contribution in [3.63, 3.8) is 0 Å². The minimum absolute atomic E-state index is 0.0755. The summed E-state index contributed by atoms with van der Waals surface area (Å²) in [5.41, 5.74) is 3.15. The van der Waals surface area contributed by atoms with Crippen LogP contribution in [0, 0.1) is 23.7 Å². The van der Waals surface area contributed by atoms with E-state index in [1.807, 2.05) is 45.3 Å².